The average Bonchev–Trinajstić information content (AvgIpc) is 3.37. The summed E-state index contributed by atoms with van der Waals surface area (Å²) in [5.74, 6) is 0.232. The third kappa shape index (κ3) is 5.90. The Balaban J connectivity index is 1.65. The van der Waals surface area contributed by atoms with Gasteiger partial charge in [0.15, 0.2) is 0 Å². The van der Waals surface area contributed by atoms with E-state index in [-0.39, 0.29) is 5.57 Å². The summed E-state index contributed by atoms with van der Waals surface area (Å²) in [6.07, 6.45) is 1.66. The molecule has 0 fully saturated rings. The Bertz CT molecular complexity index is 1680. The fourth-order valence-electron chi connectivity index (χ4n) is 4.51. The van der Waals surface area contributed by atoms with Crippen molar-refractivity contribution in [1.82, 2.24) is 4.57 Å². The lowest BCUT2D eigenvalue weighted by molar-refractivity contribution is -0.112. The van der Waals surface area contributed by atoms with E-state index in [2.05, 4.69) is 44.0 Å². The number of hydrogen-bond donors (Lipinski definition) is 1. The lowest BCUT2D eigenvalue weighted by Crippen LogP contribution is -2.13. The number of halogens is 1. The molecule has 1 amide bonds. The summed E-state index contributed by atoms with van der Waals surface area (Å²) in [6.45, 7) is 2.47. The number of hydrogen-bond acceptors (Lipinski definition) is 3. The van der Waals surface area contributed by atoms with Gasteiger partial charge in [0.1, 0.15) is 17.4 Å². The van der Waals surface area contributed by atoms with Gasteiger partial charge in [-0.05, 0) is 78.7 Å². The number of benzene rings is 4. The van der Waals surface area contributed by atoms with Crippen molar-refractivity contribution in [2.45, 2.75) is 6.92 Å². The van der Waals surface area contributed by atoms with Crippen LogP contribution in [0.4, 0.5) is 5.69 Å². The summed E-state index contributed by atoms with van der Waals surface area (Å²) in [5.41, 5.74) is 6.08. The van der Waals surface area contributed by atoms with Crippen molar-refractivity contribution in [3.05, 3.63) is 131 Å². The molecule has 6 heteroatoms. The highest BCUT2D eigenvalue weighted by Crippen LogP contribution is 2.37. The highest BCUT2D eigenvalue weighted by molar-refractivity contribution is 9.10. The Morgan fingerprint density at radius 2 is 1.52 bits per heavy atom. The maximum atomic E-state index is 13.2. The molecule has 0 spiro atoms. The zero-order chi connectivity index (χ0) is 27.9. The Labute approximate surface area is 242 Å². The van der Waals surface area contributed by atoms with Gasteiger partial charge in [-0.25, -0.2) is 0 Å². The number of carbonyl (C=O) groups excluding carboxylic acids is 1. The van der Waals surface area contributed by atoms with Crippen LogP contribution in [0.15, 0.2) is 125 Å². The second kappa shape index (κ2) is 12.3. The van der Waals surface area contributed by atoms with Crippen molar-refractivity contribution in [3.63, 3.8) is 0 Å². The highest BCUT2D eigenvalue weighted by atomic mass is 79.9. The van der Waals surface area contributed by atoms with Crippen molar-refractivity contribution < 1.29 is 9.53 Å². The van der Waals surface area contributed by atoms with Crippen molar-refractivity contribution in [2.75, 3.05) is 11.9 Å². The third-order valence-corrected chi connectivity index (χ3v) is 6.85. The molecule has 0 aliphatic rings. The molecular weight excluding hydrogens is 562 g/mol. The van der Waals surface area contributed by atoms with E-state index in [1.807, 2.05) is 85.8 Å². The molecule has 0 radical (unpaired) electrons. The topological polar surface area (TPSA) is 67.0 Å². The SMILES string of the molecule is CCOc1ccc(NC(=O)C(C#N)=Cc2cc(-c3ccccc3)n(-c3ccc(Br)cc3)c2-c2ccccc2)cc1. The smallest absolute Gasteiger partial charge is 0.266 e. The fraction of sp³-hybridized carbons (Fsp3) is 0.0588. The lowest BCUT2D eigenvalue weighted by Gasteiger charge is -2.15. The van der Waals surface area contributed by atoms with Crippen LogP contribution in [0.2, 0.25) is 0 Å². The molecular formula is C34H26BrN3O2. The predicted molar refractivity (Wildman–Crippen MR) is 164 cm³/mol. The van der Waals surface area contributed by atoms with Gasteiger partial charge in [0, 0.05) is 21.4 Å². The van der Waals surface area contributed by atoms with Crippen LogP contribution in [0.5, 0.6) is 5.75 Å². The second-order valence-corrected chi connectivity index (χ2v) is 9.87. The quantitative estimate of drug-likeness (QED) is 0.146. The number of nitrogens with zero attached hydrogens (tertiary/aromatic N) is 2. The van der Waals surface area contributed by atoms with Gasteiger partial charge in [0.2, 0.25) is 0 Å². The van der Waals surface area contributed by atoms with Crippen LogP contribution in [0.25, 0.3) is 34.3 Å². The van der Waals surface area contributed by atoms with Crippen LogP contribution < -0.4 is 10.1 Å². The maximum absolute atomic E-state index is 13.2. The summed E-state index contributed by atoms with van der Waals surface area (Å²) in [4.78, 5) is 13.2. The van der Waals surface area contributed by atoms with E-state index < -0.39 is 5.91 Å². The van der Waals surface area contributed by atoms with E-state index in [0.29, 0.717) is 18.0 Å². The molecule has 0 aliphatic carbocycles. The Hall–Kier alpha value is -4.86. The molecule has 0 unspecified atom stereocenters. The standard InChI is InChI=1S/C34H26BrN3O2/c1-2-40-31-19-15-29(16-20-31)37-34(39)27(23-36)21-26-22-32(24-9-5-3-6-10-24)38(30-17-13-28(35)14-18-30)33(26)25-11-7-4-8-12-25/h3-22H,2H2,1H3,(H,37,39). The van der Waals surface area contributed by atoms with Crippen LogP contribution in [0, 0.1) is 11.3 Å². The third-order valence-electron chi connectivity index (χ3n) is 6.32. The molecule has 0 saturated heterocycles. The van der Waals surface area contributed by atoms with Gasteiger partial charge in [0.25, 0.3) is 5.91 Å². The summed E-state index contributed by atoms with van der Waals surface area (Å²) in [5, 5.41) is 12.9. The fourth-order valence-corrected chi connectivity index (χ4v) is 4.78. The molecule has 1 aromatic heterocycles. The van der Waals surface area contributed by atoms with E-state index >= 15 is 0 Å². The first kappa shape index (κ1) is 26.7. The summed E-state index contributed by atoms with van der Waals surface area (Å²) < 4.78 is 8.62. The van der Waals surface area contributed by atoms with Crippen molar-refractivity contribution in [3.8, 4) is 40.0 Å². The first-order valence-electron chi connectivity index (χ1n) is 12.9. The molecule has 1 N–H and O–H groups in total. The Kier molecular flexibility index (Phi) is 8.24. The van der Waals surface area contributed by atoms with Crippen LogP contribution in [0.1, 0.15) is 12.5 Å². The summed E-state index contributed by atoms with van der Waals surface area (Å²) >= 11 is 3.54. The van der Waals surface area contributed by atoms with Gasteiger partial charge in [-0.3, -0.25) is 4.79 Å². The zero-order valence-corrected chi connectivity index (χ0v) is 23.4. The largest absolute Gasteiger partial charge is 0.494 e. The first-order chi connectivity index (χ1) is 19.6. The van der Waals surface area contributed by atoms with E-state index in [4.69, 9.17) is 4.74 Å². The number of amides is 1. The Morgan fingerprint density at radius 3 is 2.12 bits per heavy atom. The van der Waals surface area contributed by atoms with Gasteiger partial charge in [-0.1, -0.05) is 76.6 Å². The number of nitriles is 1. The average molecular weight is 589 g/mol. The lowest BCUT2D eigenvalue weighted by atomic mass is 10.0. The van der Waals surface area contributed by atoms with Crippen molar-refractivity contribution >= 4 is 33.6 Å². The monoisotopic (exact) mass is 587 g/mol. The Morgan fingerprint density at radius 1 is 0.900 bits per heavy atom. The number of ether oxygens (including phenoxy) is 1. The molecule has 0 atom stereocenters. The zero-order valence-electron chi connectivity index (χ0n) is 21.8. The number of rotatable bonds is 8. The number of aromatic nitrogens is 1. The number of anilines is 1. The van der Waals surface area contributed by atoms with Gasteiger partial charge < -0.3 is 14.6 Å². The first-order valence-corrected chi connectivity index (χ1v) is 13.6. The molecule has 0 bridgehead atoms. The predicted octanol–water partition coefficient (Wildman–Crippen LogP) is 8.52. The highest BCUT2D eigenvalue weighted by Gasteiger charge is 2.20. The number of carbonyl (C=O) groups is 1. The van der Waals surface area contributed by atoms with Crippen LogP contribution in [-0.2, 0) is 4.79 Å². The summed E-state index contributed by atoms with van der Waals surface area (Å²) in [6, 6.07) is 39.4. The molecule has 5 rings (SSSR count). The van der Waals surface area contributed by atoms with Gasteiger partial charge in [-0.2, -0.15) is 5.26 Å². The van der Waals surface area contributed by atoms with Crippen LogP contribution in [-0.4, -0.2) is 17.1 Å². The minimum Gasteiger partial charge on any atom is -0.494 e. The molecule has 40 heavy (non-hydrogen) atoms. The summed E-state index contributed by atoms with van der Waals surface area (Å²) in [7, 11) is 0. The van der Waals surface area contributed by atoms with Gasteiger partial charge in [0.05, 0.1) is 18.0 Å². The molecule has 1 heterocycles. The van der Waals surface area contributed by atoms with Gasteiger partial charge >= 0.3 is 0 Å². The molecule has 0 aliphatic heterocycles. The molecule has 0 saturated carbocycles. The van der Waals surface area contributed by atoms with E-state index in [1.54, 1.807) is 30.3 Å². The van der Waals surface area contributed by atoms with Crippen LogP contribution >= 0.6 is 15.9 Å². The normalized spacial score (nSPS) is 11.1. The van der Waals surface area contributed by atoms with Crippen molar-refractivity contribution in [2.24, 2.45) is 0 Å². The molecule has 5 aromatic rings. The van der Waals surface area contributed by atoms with Gasteiger partial charge in [-0.15, -0.1) is 0 Å². The molecule has 4 aromatic carbocycles. The van der Waals surface area contributed by atoms with E-state index in [9.17, 15) is 10.1 Å². The van der Waals surface area contributed by atoms with E-state index in [0.717, 1.165) is 38.2 Å². The minimum absolute atomic E-state index is 0.00127. The second-order valence-electron chi connectivity index (χ2n) is 8.96. The number of nitrogens with one attached hydrogen (secondary N) is 1. The van der Waals surface area contributed by atoms with E-state index in [1.165, 1.54) is 0 Å². The van der Waals surface area contributed by atoms with Crippen LogP contribution in [0.3, 0.4) is 0 Å². The minimum atomic E-state index is -0.483. The molecule has 5 nitrogen and oxygen atoms in total. The molecule has 196 valence electrons. The van der Waals surface area contributed by atoms with Crippen molar-refractivity contribution in [1.29, 1.82) is 5.26 Å². The maximum Gasteiger partial charge on any atom is 0.266 e.